The zero-order valence-electron chi connectivity index (χ0n) is 20.6. The van der Waals surface area contributed by atoms with Crippen LogP contribution in [0.25, 0.3) is 0 Å². The van der Waals surface area contributed by atoms with E-state index in [4.69, 9.17) is 0 Å². The fourth-order valence-corrected chi connectivity index (χ4v) is 6.01. The van der Waals surface area contributed by atoms with E-state index in [2.05, 4.69) is 22.3 Å². The fraction of sp³-hybridized carbons (Fsp3) is 0.321. The number of benzene rings is 3. The predicted molar refractivity (Wildman–Crippen MR) is 141 cm³/mol. The topological polar surface area (TPSA) is 69.7 Å². The van der Waals surface area contributed by atoms with E-state index < -0.39 is 10.0 Å². The lowest BCUT2D eigenvalue weighted by Crippen LogP contribution is -2.41. The molecule has 1 heterocycles. The Bertz CT molecular complexity index is 1250. The zero-order chi connectivity index (χ0) is 25.0. The van der Waals surface area contributed by atoms with Crippen LogP contribution in [0.5, 0.6) is 0 Å². The lowest BCUT2D eigenvalue weighted by Gasteiger charge is -2.26. The van der Waals surface area contributed by atoms with E-state index >= 15 is 0 Å². The largest absolute Gasteiger partial charge is 0.372 e. The molecule has 6 nitrogen and oxygen atoms in total. The van der Waals surface area contributed by atoms with Gasteiger partial charge in [-0.25, -0.2) is 8.42 Å². The molecule has 1 aliphatic heterocycles. The fourth-order valence-electron chi connectivity index (χ4n) is 4.58. The second-order valence-corrected chi connectivity index (χ2v) is 11.1. The molecule has 0 bridgehead atoms. The van der Waals surface area contributed by atoms with E-state index in [-0.39, 0.29) is 23.4 Å². The zero-order valence-corrected chi connectivity index (χ0v) is 21.4. The smallest absolute Gasteiger partial charge is 0.264 e. The number of nitrogens with one attached hydrogen (secondary N) is 1. The van der Waals surface area contributed by atoms with Gasteiger partial charge in [-0.2, -0.15) is 0 Å². The Labute approximate surface area is 208 Å². The molecule has 0 saturated carbocycles. The molecule has 1 fully saturated rings. The van der Waals surface area contributed by atoms with Crippen molar-refractivity contribution < 1.29 is 13.2 Å². The summed E-state index contributed by atoms with van der Waals surface area (Å²) in [5.74, 6) is -0.361. The highest BCUT2D eigenvalue weighted by molar-refractivity contribution is 7.92. The monoisotopic (exact) mass is 491 g/mol. The molecule has 0 aromatic heterocycles. The third-order valence-electron chi connectivity index (χ3n) is 6.35. The third kappa shape index (κ3) is 5.85. The Morgan fingerprint density at radius 1 is 0.943 bits per heavy atom. The van der Waals surface area contributed by atoms with Crippen LogP contribution in [0.2, 0.25) is 0 Å². The molecule has 1 N–H and O–H groups in total. The van der Waals surface area contributed by atoms with Crippen molar-refractivity contribution in [2.45, 2.75) is 44.6 Å². The average Bonchev–Trinajstić information content (AvgIpc) is 3.37. The van der Waals surface area contributed by atoms with Gasteiger partial charge in [-0.1, -0.05) is 36.4 Å². The van der Waals surface area contributed by atoms with Crippen LogP contribution in [0.4, 0.5) is 11.4 Å². The van der Waals surface area contributed by atoms with Crippen LogP contribution in [0.3, 0.4) is 0 Å². The number of anilines is 2. The number of aryl methyl sites for hydroxylation is 2. The molecule has 0 aliphatic carbocycles. The van der Waals surface area contributed by atoms with Gasteiger partial charge in [0, 0.05) is 18.8 Å². The highest BCUT2D eigenvalue weighted by atomic mass is 32.2. The Morgan fingerprint density at radius 3 is 2.14 bits per heavy atom. The summed E-state index contributed by atoms with van der Waals surface area (Å²) in [5.41, 5.74) is 4.51. The normalized spacial score (nSPS) is 14.5. The lowest BCUT2D eigenvalue weighted by molar-refractivity contribution is -0.120. The van der Waals surface area contributed by atoms with Gasteiger partial charge in [0.1, 0.15) is 6.54 Å². The number of carbonyl (C=O) groups is 1. The average molecular weight is 492 g/mol. The molecule has 7 heteroatoms. The van der Waals surface area contributed by atoms with Gasteiger partial charge in [0.25, 0.3) is 10.0 Å². The number of nitrogens with zero attached hydrogens (tertiary/aromatic N) is 2. The van der Waals surface area contributed by atoms with E-state index in [1.807, 2.05) is 39.0 Å². The van der Waals surface area contributed by atoms with Gasteiger partial charge in [-0.3, -0.25) is 9.10 Å². The summed E-state index contributed by atoms with van der Waals surface area (Å²) < 4.78 is 28.3. The Balaban J connectivity index is 1.54. The second kappa shape index (κ2) is 10.5. The van der Waals surface area contributed by atoms with E-state index in [1.165, 1.54) is 22.8 Å². The van der Waals surface area contributed by atoms with Gasteiger partial charge in [0.15, 0.2) is 0 Å². The van der Waals surface area contributed by atoms with Gasteiger partial charge in [-0.15, -0.1) is 0 Å². The molecule has 1 aliphatic rings. The van der Waals surface area contributed by atoms with Crippen LogP contribution in [0.1, 0.15) is 42.5 Å². The maximum Gasteiger partial charge on any atom is 0.264 e. The molecule has 3 aromatic carbocycles. The summed E-state index contributed by atoms with van der Waals surface area (Å²) in [7, 11) is -3.93. The number of hydrogen-bond donors (Lipinski definition) is 1. The summed E-state index contributed by atoms with van der Waals surface area (Å²) >= 11 is 0. The van der Waals surface area contributed by atoms with Crippen LogP contribution < -0.4 is 14.5 Å². The first-order chi connectivity index (χ1) is 16.7. The molecule has 4 rings (SSSR count). The quantitative estimate of drug-likeness (QED) is 0.483. The minimum Gasteiger partial charge on any atom is -0.372 e. The van der Waals surface area contributed by atoms with E-state index in [0.717, 1.165) is 29.8 Å². The highest BCUT2D eigenvalue weighted by Crippen LogP contribution is 2.26. The molecular formula is C28H33N3O3S. The van der Waals surface area contributed by atoms with Gasteiger partial charge >= 0.3 is 0 Å². The van der Waals surface area contributed by atoms with E-state index in [0.29, 0.717) is 5.69 Å². The number of sulfonamides is 1. The minimum atomic E-state index is -3.93. The van der Waals surface area contributed by atoms with Gasteiger partial charge < -0.3 is 10.2 Å². The lowest BCUT2D eigenvalue weighted by atomic mass is 10.1. The van der Waals surface area contributed by atoms with Crippen LogP contribution in [0.15, 0.2) is 77.7 Å². The standard InChI is InChI=1S/C28H33N3O3S/c1-21-17-22(2)19-26(18-21)31(35(33,34)27-9-5-4-6-10-27)20-28(32)29-23(3)24-11-13-25(14-12-24)30-15-7-8-16-30/h4-6,9-14,17-19,23H,7-8,15-16,20H2,1-3H3,(H,29,32). The van der Waals surface area contributed by atoms with Crippen LogP contribution >= 0.6 is 0 Å². The van der Waals surface area contributed by atoms with Crippen LogP contribution in [-0.4, -0.2) is 34.0 Å². The number of hydrogen-bond acceptors (Lipinski definition) is 4. The molecule has 1 unspecified atom stereocenters. The first-order valence-corrected chi connectivity index (χ1v) is 13.5. The Morgan fingerprint density at radius 2 is 1.54 bits per heavy atom. The Hall–Kier alpha value is -3.32. The van der Waals surface area contributed by atoms with Crippen molar-refractivity contribution in [3.8, 4) is 0 Å². The molecule has 0 radical (unpaired) electrons. The molecule has 3 aromatic rings. The second-order valence-electron chi connectivity index (χ2n) is 9.25. The predicted octanol–water partition coefficient (Wildman–Crippen LogP) is 4.98. The summed E-state index contributed by atoms with van der Waals surface area (Å²) in [4.78, 5) is 15.6. The highest BCUT2D eigenvalue weighted by Gasteiger charge is 2.28. The number of rotatable bonds is 8. The van der Waals surface area contributed by atoms with Gasteiger partial charge in [0.2, 0.25) is 5.91 Å². The Kier molecular flexibility index (Phi) is 7.45. The number of amides is 1. The van der Waals surface area contributed by atoms with Crippen LogP contribution in [-0.2, 0) is 14.8 Å². The summed E-state index contributed by atoms with van der Waals surface area (Å²) in [6.45, 7) is 7.59. The molecule has 0 spiro atoms. The molecule has 35 heavy (non-hydrogen) atoms. The van der Waals surface area contributed by atoms with Crippen molar-refractivity contribution >= 4 is 27.3 Å². The minimum absolute atomic E-state index is 0.150. The molecule has 184 valence electrons. The van der Waals surface area contributed by atoms with Crippen LogP contribution in [0, 0.1) is 13.8 Å². The molecule has 1 amide bonds. The van der Waals surface area contributed by atoms with Crippen molar-refractivity contribution in [3.63, 3.8) is 0 Å². The molecule has 1 atom stereocenters. The molecular weight excluding hydrogens is 458 g/mol. The van der Waals surface area contributed by atoms with Crippen molar-refractivity contribution in [1.29, 1.82) is 0 Å². The van der Waals surface area contributed by atoms with Gasteiger partial charge in [-0.05, 0) is 86.7 Å². The first-order valence-electron chi connectivity index (χ1n) is 12.0. The van der Waals surface area contributed by atoms with Gasteiger partial charge in [0.05, 0.1) is 16.6 Å². The van der Waals surface area contributed by atoms with Crippen molar-refractivity contribution in [2.75, 3.05) is 28.8 Å². The summed E-state index contributed by atoms with van der Waals surface area (Å²) in [5, 5.41) is 2.98. The van der Waals surface area contributed by atoms with E-state index in [1.54, 1.807) is 42.5 Å². The molecule has 1 saturated heterocycles. The number of carbonyl (C=O) groups excluding carboxylic acids is 1. The maximum atomic E-state index is 13.6. The van der Waals surface area contributed by atoms with E-state index in [9.17, 15) is 13.2 Å². The van der Waals surface area contributed by atoms with Crippen molar-refractivity contribution in [3.05, 3.63) is 89.5 Å². The van der Waals surface area contributed by atoms with Crippen molar-refractivity contribution in [1.82, 2.24) is 5.32 Å². The maximum absolute atomic E-state index is 13.6. The summed E-state index contributed by atoms with van der Waals surface area (Å²) in [6.07, 6.45) is 2.44. The summed E-state index contributed by atoms with van der Waals surface area (Å²) in [6, 6.07) is 21.8. The SMILES string of the molecule is Cc1cc(C)cc(N(CC(=O)NC(C)c2ccc(N3CCCC3)cc2)S(=O)(=O)c2ccccc2)c1. The third-order valence-corrected chi connectivity index (χ3v) is 8.14. The first kappa shape index (κ1) is 24.8. The van der Waals surface area contributed by atoms with Crippen molar-refractivity contribution in [2.24, 2.45) is 0 Å².